The van der Waals surface area contributed by atoms with Gasteiger partial charge in [0, 0.05) is 74.6 Å². The quantitative estimate of drug-likeness (QED) is 0.212. The van der Waals surface area contributed by atoms with Gasteiger partial charge < -0.3 is 29.7 Å². The van der Waals surface area contributed by atoms with E-state index in [1.165, 1.54) is 0 Å². The van der Waals surface area contributed by atoms with Crippen molar-refractivity contribution < 1.29 is 19.1 Å². The van der Waals surface area contributed by atoms with E-state index in [2.05, 4.69) is 32.2 Å². The van der Waals surface area contributed by atoms with Crippen LogP contribution in [0.3, 0.4) is 0 Å². The second kappa shape index (κ2) is 17.4. The minimum atomic E-state index is -0.755. The first-order valence-electron chi connectivity index (χ1n) is 20.2. The van der Waals surface area contributed by atoms with Crippen LogP contribution in [0, 0.1) is 6.92 Å². The molecule has 2 aromatic carbocycles. The molecule has 0 spiro atoms. The van der Waals surface area contributed by atoms with Gasteiger partial charge in [0.1, 0.15) is 6.04 Å². The van der Waals surface area contributed by atoms with E-state index in [-0.39, 0.29) is 36.1 Å². The first-order chi connectivity index (χ1) is 26.7. The number of likely N-dealkylation sites (tertiary alicyclic amines) is 2. The average Bonchev–Trinajstić information content (AvgIpc) is 3.62. The molecule has 2 aromatic heterocycles. The predicted molar refractivity (Wildman–Crippen MR) is 213 cm³/mol. The number of unbranched alkanes of at least 4 members (excludes halogenated alkanes) is 1. The van der Waals surface area contributed by atoms with Crippen molar-refractivity contribution in [2.75, 3.05) is 59.4 Å². The molecule has 7 rings (SSSR count). The van der Waals surface area contributed by atoms with E-state index in [1.54, 1.807) is 15.8 Å². The molecule has 3 amide bonds. The lowest BCUT2D eigenvalue weighted by atomic mass is 9.89. The second-order valence-corrected chi connectivity index (χ2v) is 15.7. The van der Waals surface area contributed by atoms with Crippen molar-refractivity contribution >= 4 is 39.7 Å². The summed E-state index contributed by atoms with van der Waals surface area (Å²) < 4.78 is 7.18. The van der Waals surface area contributed by atoms with Crippen LogP contribution < -0.4 is 10.9 Å². The molecular formula is C42H56N8O5. The monoisotopic (exact) mass is 752 g/mol. The molecule has 1 atom stereocenters. The zero-order valence-electron chi connectivity index (χ0n) is 32.6. The van der Waals surface area contributed by atoms with Gasteiger partial charge in [0.2, 0.25) is 5.91 Å². The molecule has 0 saturated carbocycles. The van der Waals surface area contributed by atoms with Crippen LogP contribution in [0.5, 0.6) is 0 Å². The van der Waals surface area contributed by atoms with Crippen LogP contribution in [-0.2, 0) is 27.5 Å². The summed E-state index contributed by atoms with van der Waals surface area (Å²) in [5.74, 6) is -0.261. The Morgan fingerprint density at radius 2 is 1.67 bits per heavy atom. The van der Waals surface area contributed by atoms with Crippen molar-refractivity contribution in [3.05, 3.63) is 75.7 Å². The Hall–Kier alpha value is -4.75. The molecule has 13 heteroatoms. The lowest BCUT2D eigenvalue weighted by Crippen LogP contribution is -2.59. The highest BCUT2D eigenvalue weighted by atomic mass is 16.5. The third kappa shape index (κ3) is 9.05. The number of amides is 3. The number of carbonyl (C=O) groups excluding carboxylic acids is 3. The number of hydrogen-bond acceptors (Lipinski definition) is 8. The van der Waals surface area contributed by atoms with Gasteiger partial charge in [-0.25, -0.2) is 9.48 Å². The number of nitrogens with one attached hydrogen (secondary N) is 2. The van der Waals surface area contributed by atoms with Crippen molar-refractivity contribution in [2.24, 2.45) is 0 Å². The molecule has 2 N–H and O–H groups in total. The van der Waals surface area contributed by atoms with Gasteiger partial charge in [-0.3, -0.25) is 19.3 Å². The molecule has 55 heavy (non-hydrogen) atoms. The number of piperazine rings is 1. The maximum atomic E-state index is 14.4. The number of aromatic nitrogens is 3. The molecule has 5 heterocycles. The summed E-state index contributed by atoms with van der Waals surface area (Å²) in [6, 6.07) is 13.4. The molecule has 3 aliphatic rings. The standard InChI is InChI=1S/C42H56N8O5/c1-4-5-10-38(51)55-28-50-39-29(2)23-30(24-33(39)27-43-50)25-37(41(53)48-21-19-47(20-22-48)34-13-15-46(3)16-14-34)45-42(54)49-17-11-31(12-18-49)35-26-32-8-6-7-9-36(32)44-40(35)52/h6-9,23-24,26-27,31,34,37H,4-5,10-22,25,28H2,1-3H3,(H,44,52)(H,45,54)/t37-/m1/s1. The van der Waals surface area contributed by atoms with Crippen molar-refractivity contribution in [3.63, 3.8) is 0 Å². The number of piperidine rings is 2. The van der Waals surface area contributed by atoms with Gasteiger partial charge in [0.25, 0.3) is 5.56 Å². The number of rotatable bonds is 11. The normalized spacial score (nSPS) is 18.5. The van der Waals surface area contributed by atoms with Gasteiger partial charge in [-0.15, -0.1) is 0 Å². The summed E-state index contributed by atoms with van der Waals surface area (Å²) in [5, 5.41) is 9.54. The summed E-state index contributed by atoms with van der Waals surface area (Å²) >= 11 is 0. The Morgan fingerprint density at radius 1 is 0.927 bits per heavy atom. The summed E-state index contributed by atoms with van der Waals surface area (Å²) in [4.78, 5) is 65.1. The lowest BCUT2D eigenvalue weighted by molar-refractivity contribution is -0.147. The van der Waals surface area contributed by atoms with E-state index < -0.39 is 6.04 Å². The maximum absolute atomic E-state index is 14.4. The zero-order valence-corrected chi connectivity index (χ0v) is 32.6. The Morgan fingerprint density at radius 3 is 2.42 bits per heavy atom. The summed E-state index contributed by atoms with van der Waals surface area (Å²) in [6.45, 7) is 10.2. The number of aryl methyl sites for hydroxylation is 1. The van der Waals surface area contributed by atoms with E-state index in [4.69, 9.17) is 4.74 Å². The minimum absolute atomic E-state index is 0.0406. The highest BCUT2D eigenvalue weighted by molar-refractivity contribution is 5.88. The highest BCUT2D eigenvalue weighted by Gasteiger charge is 2.34. The highest BCUT2D eigenvalue weighted by Crippen LogP contribution is 2.28. The number of nitrogens with zero attached hydrogens (tertiary/aromatic N) is 6. The van der Waals surface area contributed by atoms with E-state index in [1.807, 2.05) is 61.2 Å². The molecule has 13 nitrogen and oxygen atoms in total. The van der Waals surface area contributed by atoms with E-state index in [0.29, 0.717) is 57.9 Å². The predicted octanol–water partition coefficient (Wildman–Crippen LogP) is 4.62. The number of fused-ring (bicyclic) bond motifs is 2. The zero-order chi connectivity index (χ0) is 38.5. The first kappa shape index (κ1) is 38.5. The van der Waals surface area contributed by atoms with E-state index >= 15 is 0 Å². The Bertz CT molecular complexity index is 2040. The number of para-hydroxylation sites is 1. The molecule has 3 aliphatic heterocycles. The van der Waals surface area contributed by atoms with Crippen LogP contribution in [0.25, 0.3) is 21.8 Å². The SMILES string of the molecule is CCCCC(=O)OCn1ncc2cc(C[C@@H](NC(=O)N3CCC(c4cc5ccccc5[nH]c4=O)CC3)C(=O)N3CCN(C4CCN(C)CC4)CC3)cc(C)c21. The maximum Gasteiger partial charge on any atom is 0.318 e. The molecule has 3 saturated heterocycles. The molecule has 0 aliphatic carbocycles. The molecule has 0 radical (unpaired) electrons. The third-order valence-corrected chi connectivity index (χ3v) is 11.9. The van der Waals surface area contributed by atoms with Crippen LogP contribution in [0.2, 0.25) is 0 Å². The smallest absolute Gasteiger partial charge is 0.318 e. The number of ether oxygens (including phenoxy) is 1. The van der Waals surface area contributed by atoms with Crippen LogP contribution in [0.1, 0.15) is 74.5 Å². The second-order valence-electron chi connectivity index (χ2n) is 15.7. The molecule has 0 bridgehead atoms. The van der Waals surface area contributed by atoms with Crippen LogP contribution in [0.15, 0.2) is 53.5 Å². The third-order valence-electron chi connectivity index (χ3n) is 11.9. The fraction of sp³-hybridized carbons (Fsp3) is 0.548. The van der Waals surface area contributed by atoms with Gasteiger partial charge in [-0.05, 0) is 99.8 Å². The van der Waals surface area contributed by atoms with E-state index in [0.717, 1.165) is 90.4 Å². The van der Waals surface area contributed by atoms with Crippen molar-refractivity contribution in [1.29, 1.82) is 0 Å². The van der Waals surface area contributed by atoms with Crippen molar-refractivity contribution in [1.82, 2.24) is 39.7 Å². The van der Waals surface area contributed by atoms with Crippen molar-refractivity contribution in [3.8, 4) is 0 Å². The number of esters is 1. The van der Waals surface area contributed by atoms with E-state index in [9.17, 15) is 19.2 Å². The lowest BCUT2D eigenvalue weighted by Gasteiger charge is -2.43. The Balaban J connectivity index is 1.04. The fourth-order valence-electron chi connectivity index (χ4n) is 8.69. The largest absolute Gasteiger partial charge is 0.442 e. The van der Waals surface area contributed by atoms with Gasteiger partial charge in [0.05, 0.1) is 11.7 Å². The molecule has 294 valence electrons. The Kier molecular flexibility index (Phi) is 12.2. The fourth-order valence-corrected chi connectivity index (χ4v) is 8.69. The summed E-state index contributed by atoms with van der Waals surface area (Å²) in [7, 11) is 2.17. The summed E-state index contributed by atoms with van der Waals surface area (Å²) in [6.07, 6.45) is 7.81. The number of pyridine rings is 1. The summed E-state index contributed by atoms with van der Waals surface area (Å²) in [5.41, 5.74) is 4.24. The molecular weight excluding hydrogens is 697 g/mol. The molecule has 3 fully saturated rings. The van der Waals surface area contributed by atoms with Gasteiger partial charge in [-0.2, -0.15) is 5.10 Å². The molecule has 4 aromatic rings. The van der Waals surface area contributed by atoms with Crippen LogP contribution in [0.4, 0.5) is 4.79 Å². The number of urea groups is 1. The minimum Gasteiger partial charge on any atom is -0.442 e. The number of hydrogen-bond donors (Lipinski definition) is 2. The number of carbonyl (C=O) groups is 3. The molecule has 0 unspecified atom stereocenters. The number of benzene rings is 2. The van der Waals surface area contributed by atoms with Gasteiger partial charge in [0.15, 0.2) is 6.73 Å². The van der Waals surface area contributed by atoms with Crippen molar-refractivity contribution in [2.45, 2.75) is 89.9 Å². The van der Waals surface area contributed by atoms with Crippen LogP contribution >= 0.6 is 0 Å². The average molecular weight is 753 g/mol. The van der Waals surface area contributed by atoms with Crippen LogP contribution in [-0.4, -0.2) is 124 Å². The van der Waals surface area contributed by atoms with Gasteiger partial charge in [-0.1, -0.05) is 37.6 Å². The van der Waals surface area contributed by atoms with Gasteiger partial charge >= 0.3 is 12.0 Å². The Labute approximate surface area is 322 Å². The number of H-pyrrole nitrogens is 1. The number of aromatic amines is 1. The first-order valence-corrected chi connectivity index (χ1v) is 20.2. The topological polar surface area (TPSA) is 136 Å².